The lowest BCUT2D eigenvalue weighted by molar-refractivity contribution is -0.154. The third kappa shape index (κ3) is 6.70. The standard InChI is InChI=1S/C16H21ClF3N3O2/c1-11(9-23-4-2-3-5-23)7-21-14(24)12-6-13(17)15(22-8-12)25-10-16(18,19)20/h6,8,11H,2-5,7,9-10H2,1H3,(H,21,24). The van der Waals surface area contributed by atoms with Crippen LogP contribution in [0.15, 0.2) is 12.3 Å². The summed E-state index contributed by atoms with van der Waals surface area (Å²) in [5.41, 5.74) is 0.178. The minimum Gasteiger partial charge on any atom is -0.467 e. The second-order valence-corrected chi connectivity index (χ2v) is 6.64. The molecule has 1 aromatic rings. The van der Waals surface area contributed by atoms with Crippen molar-refractivity contribution < 1.29 is 22.7 Å². The largest absolute Gasteiger partial charge is 0.467 e. The summed E-state index contributed by atoms with van der Waals surface area (Å²) in [5, 5.41) is 2.65. The Hall–Kier alpha value is -1.54. The van der Waals surface area contributed by atoms with E-state index in [-0.39, 0.29) is 22.4 Å². The number of nitrogens with zero attached hydrogens (tertiary/aromatic N) is 2. The molecule has 1 fully saturated rings. The molecule has 1 aliphatic rings. The van der Waals surface area contributed by atoms with Crippen LogP contribution in [0, 0.1) is 5.92 Å². The van der Waals surface area contributed by atoms with Gasteiger partial charge in [-0.05, 0) is 37.9 Å². The second-order valence-electron chi connectivity index (χ2n) is 6.24. The summed E-state index contributed by atoms with van der Waals surface area (Å²) in [4.78, 5) is 18.2. The van der Waals surface area contributed by atoms with Crippen LogP contribution >= 0.6 is 11.6 Å². The molecule has 1 aliphatic heterocycles. The third-order valence-corrected chi connectivity index (χ3v) is 4.09. The first-order valence-corrected chi connectivity index (χ1v) is 8.48. The number of aromatic nitrogens is 1. The lowest BCUT2D eigenvalue weighted by Crippen LogP contribution is -2.34. The van der Waals surface area contributed by atoms with E-state index in [4.69, 9.17) is 11.6 Å². The van der Waals surface area contributed by atoms with Gasteiger partial charge in [0.05, 0.1) is 5.56 Å². The van der Waals surface area contributed by atoms with Crippen LogP contribution < -0.4 is 10.1 Å². The van der Waals surface area contributed by atoms with Gasteiger partial charge in [-0.1, -0.05) is 18.5 Å². The van der Waals surface area contributed by atoms with Gasteiger partial charge in [0.1, 0.15) is 5.02 Å². The second kappa shape index (κ2) is 8.71. The minimum atomic E-state index is -4.48. The average molecular weight is 380 g/mol. The van der Waals surface area contributed by atoms with Crippen molar-refractivity contribution in [2.45, 2.75) is 25.9 Å². The third-order valence-electron chi connectivity index (χ3n) is 3.82. The maximum atomic E-state index is 12.1. The molecule has 0 aromatic carbocycles. The van der Waals surface area contributed by atoms with Gasteiger partial charge in [-0.25, -0.2) is 4.98 Å². The van der Waals surface area contributed by atoms with E-state index < -0.39 is 12.8 Å². The maximum absolute atomic E-state index is 12.1. The molecule has 25 heavy (non-hydrogen) atoms. The summed E-state index contributed by atoms with van der Waals surface area (Å²) in [6, 6.07) is 1.25. The van der Waals surface area contributed by atoms with E-state index in [0.29, 0.717) is 12.5 Å². The molecule has 0 radical (unpaired) electrons. The number of rotatable bonds is 7. The molecule has 1 aromatic heterocycles. The van der Waals surface area contributed by atoms with Crippen molar-refractivity contribution in [1.29, 1.82) is 0 Å². The highest BCUT2D eigenvalue weighted by atomic mass is 35.5. The molecule has 1 amide bonds. The van der Waals surface area contributed by atoms with Crippen LogP contribution in [0.3, 0.4) is 0 Å². The summed E-state index contributed by atoms with van der Waals surface area (Å²) in [7, 11) is 0. The van der Waals surface area contributed by atoms with E-state index in [0.717, 1.165) is 25.8 Å². The Bertz CT molecular complexity index is 592. The zero-order valence-corrected chi connectivity index (χ0v) is 14.7. The summed E-state index contributed by atoms with van der Waals surface area (Å²) in [6.45, 7) is 4.17. The first-order chi connectivity index (χ1) is 11.7. The van der Waals surface area contributed by atoms with Crippen molar-refractivity contribution in [2.75, 3.05) is 32.8 Å². The normalized spacial score (nSPS) is 16.7. The Labute approximate surface area is 149 Å². The Kier molecular flexibility index (Phi) is 6.89. The van der Waals surface area contributed by atoms with Crippen LogP contribution in [0.5, 0.6) is 5.88 Å². The average Bonchev–Trinajstić information content (AvgIpc) is 3.03. The predicted octanol–water partition coefficient (Wildman–Crippen LogP) is 3.14. The van der Waals surface area contributed by atoms with Crippen molar-refractivity contribution in [1.82, 2.24) is 15.2 Å². The Morgan fingerprint density at radius 1 is 1.44 bits per heavy atom. The van der Waals surface area contributed by atoms with Gasteiger partial charge in [0.15, 0.2) is 6.61 Å². The number of nitrogens with one attached hydrogen (secondary N) is 1. The smallest absolute Gasteiger partial charge is 0.422 e. The zero-order chi connectivity index (χ0) is 18.4. The molecule has 0 aliphatic carbocycles. The Morgan fingerprint density at radius 2 is 2.12 bits per heavy atom. The lowest BCUT2D eigenvalue weighted by Gasteiger charge is -2.20. The van der Waals surface area contributed by atoms with Crippen LogP contribution in [-0.4, -0.2) is 54.8 Å². The van der Waals surface area contributed by atoms with Gasteiger partial charge < -0.3 is 15.0 Å². The molecule has 0 spiro atoms. The van der Waals surface area contributed by atoms with Crippen LogP contribution in [0.25, 0.3) is 0 Å². The van der Waals surface area contributed by atoms with Gasteiger partial charge in [0, 0.05) is 19.3 Å². The molecule has 1 saturated heterocycles. The number of likely N-dealkylation sites (tertiary alicyclic amines) is 1. The summed E-state index contributed by atoms with van der Waals surface area (Å²) < 4.78 is 40.9. The Morgan fingerprint density at radius 3 is 2.72 bits per heavy atom. The number of ether oxygens (including phenoxy) is 1. The van der Waals surface area contributed by atoms with Crippen molar-refractivity contribution in [2.24, 2.45) is 5.92 Å². The highest BCUT2D eigenvalue weighted by Gasteiger charge is 2.29. The summed E-state index contributed by atoms with van der Waals surface area (Å²) in [5.74, 6) is -0.428. The summed E-state index contributed by atoms with van der Waals surface area (Å²) in [6.07, 6.45) is -0.900. The Balaban J connectivity index is 1.83. The topological polar surface area (TPSA) is 54.5 Å². The van der Waals surface area contributed by atoms with E-state index in [2.05, 4.69) is 26.9 Å². The quantitative estimate of drug-likeness (QED) is 0.790. The molecule has 0 saturated carbocycles. The fourth-order valence-corrected chi connectivity index (χ4v) is 2.87. The monoisotopic (exact) mass is 379 g/mol. The number of carbonyl (C=O) groups is 1. The molecule has 0 bridgehead atoms. The molecular formula is C16H21ClF3N3O2. The highest BCUT2D eigenvalue weighted by molar-refractivity contribution is 6.32. The molecule has 2 rings (SSSR count). The van der Waals surface area contributed by atoms with Crippen molar-refractivity contribution in [3.63, 3.8) is 0 Å². The molecule has 140 valence electrons. The number of carbonyl (C=O) groups excluding carboxylic acids is 1. The molecule has 2 heterocycles. The zero-order valence-electron chi connectivity index (χ0n) is 13.9. The van der Waals surface area contributed by atoms with Crippen LogP contribution in [0.1, 0.15) is 30.1 Å². The number of halogens is 4. The number of amides is 1. The van der Waals surface area contributed by atoms with E-state index in [9.17, 15) is 18.0 Å². The van der Waals surface area contributed by atoms with Gasteiger partial charge in [0.25, 0.3) is 5.91 Å². The van der Waals surface area contributed by atoms with Crippen LogP contribution in [-0.2, 0) is 0 Å². The summed E-state index contributed by atoms with van der Waals surface area (Å²) >= 11 is 5.84. The van der Waals surface area contributed by atoms with E-state index in [1.54, 1.807) is 0 Å². The minimum absolute atomic E-state index is 0.137. The van der Waals surface area contributed by atoms with E-state index >= 15 is 0 Å². The van der Waals surface area contributed by atoms with E-state index in [1.165, 1.54) is 18.9 Å². The molecule has 9 heteroatoms. The first kappa shape index (κ1) is 19.8. The number of pyridine rings is 1. The fourth-order valence-electron chi connectivity index (χ4n) is 2.65. The van der Waals surface area contributed by atoms with Crippen LogP contribution in [0.2, 0.25) is 5.02 Å². The molecule has 1 N–H and O–H groups in total. The van der Waals surface area contributed by atoms with Gasteiger partial charge in [0.2, 0.25) is 5.88 Å². The van der Waals surface area contributed by atoms with Crippen molar-refractivity contribution in [3.05, 3.63) is 22.8 Å². The fraction of sp³-hybridized carbons (Fsp3) is 0.625. The lowest BCUT2D eigenvalue weighted by atomic mass is 10.1. The molecule has 5 nitrogen and oxygen atoms in total. The van der Waals surface area contributed by atoms with Crippen molar-refractivity contribution in [3.8, 4) is 5.88 Å². The SMILES string of the molecule is CC(CNC(=O)c1cnc(OCC(F)(F)F)c(Cl)c1)CN1CCCC1. The van der Waals surface area contributed by atoms with Crippen LogP contribution in [0.4, 0.5) is 13.2 Å². The predicted molar refractivity (Wildman–Crippen MR) is 88.0 cm³/mol. The molecule has 1 atom stereocenters. The van der Waals surface area contributed by atoms with Gasteiger partial charge in [-0.15, -0.1) is 0 Å². The number of hydrogen-bond acceptors (Lipinski definition) is 4. The maximum Gasteiger partial charge on any atom is 0.422 e. The van der Waals surface area contributed by atoms with Gasteiger partial charge in [-0.3, -0.25) is 4.79 Å². The number of hydrogen-bond donors (Lipinski definition) is 1. The van der Waals surface area contributed by atoms with Gasteiger partial charge >= 0.3 is 6.18 Å². The van der Waals surface area contributed by atoms with E-state index in [1.807, 2.05) is 0 Å². The van der Waals surface area contributed by atoms with Gasteiger partial charge in [-0.2, -0.15) is 13.2 Å². The first-order valence-electron chi connectivity index (χ1n) is 8.10. The number of alkyl halides is 3. The molecular weight excluding hydrogens is 359 g/mol. The van der Waals surface area contributed by atoms with Crippen molar-refractivity contribution >= 4 is 17.5 Å². The highest BCUT2D eigenvalue weighted by Crippen LogP contribution is 2.25. The molecule has 1 unspecified atom stereocenters.